The lowest BCUT2D eigenvalue weighted by Gasteiger charge is -2.17. The Hall–Kier alpha value is -3.04. The summed E-state index contributed by atoms with van der Waals surface area (Å²) in [5.41, 5.74) is 1.10. The van der Waals surface area contributed by atoms with E-state index in [9.17, 15) is 24.6 Å². The minimum Gasteiger partial charge on any atom is -0.507 e. The number of phenolic OH excluding ortho intramolecular Hbond substituents is 1. The molecule has 2 aromatic carbocycles. The number of phenols is 1. The minimum absolute atomic E-state index is 0.00847. The quantitative estimate of drug-likeness (QED) is 0.264. The molecule has 0 bridgehead atoms. The van der Waals surface area contributed by atoms with Crippen molar-refractivity contribution >= 4 is 29.3 Å². The van der Waals surface area contributed by atoms with Crippen molar-refractivity contribution in [3.05, 3.63) is 47.0 Å². The molecule has 0 fully saturated rings. The van der Waals surface area contributed by atoms with Gasteiger partial charge in [-0.3, -0.25) is 14.4 Å². The number of aliphatic carboxylic acids is 1. The standard InChI is InChI=1S/C25H30O8S/c1-4-5-20-22(10-8-18(15(2)26)25(20)31)33-13-16(27)14-34-17-6-7-19(23(12-17)32-3)21(28)9-11-24(29)30/h6-8,10,12,16,27,31H,4-5,9,11,13-14H2,1-3H3,(H,29,30). The third-order valence-corrected chi connectivity index (χ3v) is 6.17. The van der Waals surface area contributed by atoms with E-state index in [-0.39, 0.29) is 42.3 Å². The number of benzene rings is 2. The summed E-state index contributed by atoms with van der Waals surface area (Å²) < 4.78 is 11.0. The van der Waals surface area contributed by atoms with Crippen LogP contribution >= 0.6 is 11.8 Å². The van der Waals surface area contributed by atoms with Crippen LogP contribution in [0.15, 0.2) is 35.2 Å². The first-order chi connectivity index (χ1) is 16.2. The Balaban J connectivity index is 1.99. The van der Waals surface area contributed by atoms with Crippen molar-refractivity contribution in [2.24, 2.45) is 0 Å². The van der Waals surface area contributed by atoms with Crippen LogP contribution in [0.5, 0.6) is 17.2 Å². The number of aliphatic hydroxyl groups is 1. The molecule has 9 heteroatoms. The number of Topliss-reactive ketones (excluding diaryl/α,β-unsaturated/α-hetero) is 2. The van der Waals surface area contributed by atoms with Crippen molar-refractivity contribution in [1.82, 2.24) is 0 Å². The predicted octanol–water partition coefficient (Wildman–Crippen LogP) is 4.14. The molecule has 0 aliphatic carbocycles. The van der Waals surface area contributed by atoms with Crippen molar-refractivity contribution in [2.75, 3.05) is 19.5 Å². The zero-order valence-electron chi connectivity index (χ0n) is 19.5. The second-order valence-electron chi connectivity index (χ2n) is 7.70. The molecule has 0 aliphatic heterocycles. The van der Waals surface area contributed by atoms with E-state index in [2.05, 4.69) is 0 Å². The maximum atomic E-state index is 12.2. The predicted molar refractivity (Wildman–Crippen MR) is 129 cm³/mol. The lowest BCUT2D eigenvalue weighted by molar-refractivity contribution is -0.136. The third kappa shape index (κ3) is 7.50. The van der Waals surface area contributed by atoms with Gasteiger partial charge in [-0.25, -0.2) is 0 Å². The van der Waals surface area contributed by atoms with E-state index < -0.39 is 12.1 Å². The fourth-order valence-corrected chi connectivity index (χ4v) is 4.14. The summed E-state index contributed by atoms with van der Waals surface area (Å²) in [4.78, 5) is 35.4. The van der Waals surface area contributed by atoms with Crippen molar-refractivity contribution in [3.8, 4) is 17.2 Å². The first kappa shape index (κ1) is 27.2. The lowest BCUT2D eigenvalue weighted by atomic mass is 10.0. The average molecular weight is 491 g/mol. The molecule has 8 nitrogen and oxygen atoms in total. The first-order valence-corrected chi connectivity index (χ1v) is 11.9. The molecule has 0 saturated heterocycles. The van der Waals surface area contributed by atoms with Crippen LogP contribution in [0.25, 0.3) is 0 Å². The third-order valence-electron chi connectivity index (χ3n) is 5.03. The van der Waals surface area contributed by atoms with Gasteiger partial charge in [0.05, 0.1) is 30.8 Å². The summed E-state index contributed by atoms with van der Waals surface area (Å²) >= 11 is 1.35. The zero-order chi connectivity index (χ0) is 25.3. The summed E-state index contributed by atoms with van der Waals surface area (Å²) in [6.45, 7) is 3.33. The van der Waals surface area contributed by atoms with Crippen molar-refractivity contribution in [2.45, 2.75) is 50.5 Å². The number of ether oxygens (including phenoxy) is 2. The summed E-state index contributed by atoms with van der Waals surface area (Å²) in [5.74, 6) is -0.594. The molecule has 0 saturated carbocycles. The normalized spacial score (nSPS) is 11.6. The van der Waals surface area contributed by atoms with Gasteiger partial charge in [0.15, 0.2) is 11.6 Å². The number of ketones is 2. The summed E-state index contributed by atoms with van der Waals surface area (Å²) in [6.07, 6.45) is 0.0963. The van der Waals surface area contributed by atoms with Gasteiger partial charge in [0, 0.05) is 22.6 Å². The number of carbonyl (C=O) groups excluding carboxylic acids is 2. The van der Waals surface area contributed by atoms with Crippen LogP contribution in [0.2, 0.25) is 0 Å². The van der Waals surface area contributed by atoms with E-state index in [0.29, 0.717) is 34.8 Å². The highest BCUT2D eigenvalue weighted by atomic mass is 32.2. The Kier molecular flexibility index (Phi) is 10.4. The van der Waals surface area contributed by atoms with Gasteiger partial charge in [-0.15, -0.1) is 11.8 Å². The van der Waals surface area contributed by atoms with Gasteiger partial charge >= 0.3 is 5.97 Å². The molecule has 0 heterocycles. The Morgan fingerprint density at radius 2 is 1.76 bits per heavy atom. The topological polar surface area (TPSA) is 130 Å². The summed E-state index contributed by atoms with van der Waals surface area (Å²) in [7, 11) is 1.43. The van der Waals surface area contributed by atoms with Crippen LogP contribution in [-0.4, -0.2) is 58.4 Å². The molecule has 0 radical (unpaired) electrons. The number of hydrogen-bond donors (Lipinski definition) is 3. The largest absolute Gasteiger partial charge is 0.507 e. The molecule has 0 spiro atoms. The fourth-order valence-electron chi connectivity index (χ4n) is 3.30. The first-order valence-electron chi connectivity index (χ1n) is 10.9. The number of thioether (sulfide) groups is 1. The Labute approximate surface area is 202 Å². The van der Waals surface area contributed by atoms with E-state index in [0.717, 1.165) is 11.3 Å². The van der Waals surface area contributed by atoms with Crippen molar-refractivity contribution in [1.29, 1.82) is 0 Å². The number of carboxylic acids is 1. The van der Waals surface area contributed by atoms with Gasteiger partial charge in [0.2, 0.25) is 0 Å². The number of aliphatic hydroxyl groups excluding tert-OH is 1. The number of aromatic hydroxyl groups is 1. The SMILES string of the molecule is CCCc1c(OCC(O)CSc2ccc(C(=O)CCC(=O)O)c(OC)c2)ccc(C(C)=O)c1O. The van der Waals surface area contributed by atoms with Gasteiger partial charge < -0.3 is 24.8 Å². The summed E-state index contributed by atoms with van der Waals surface area (Å²) in [5, 5.41) is 29.6. The molecule has 0 amide bonds. The number of methoxy groups -OCH3 is 1. The maximum Gasteiger partial charge on any atom is 0.303 e. The van der Waals surface area contributed by atoms with Crippen molar-refractivity contribution < 1.29 is 39.2 Å². The smallest absolute Gasteiger partial charge is 0.303 e. The summed E-state index contributed by atoms with van der Waals surface area (Å²) in [6, 6.07) is 8.12. The minimum atomic E-state index is -1.04. The molecular weight excluding hydrogens is 460 g/mol. The highest BCUT2D eigenvalue weighted by Gasteiger charge is 2.18. The van der Waals surface area contributed by atoms with Crippen LogP contribution in [0.1, 0.15) is 59.4 Å². The molecule has 184 valence electrons. The molecule has 2 aromatic rings. The second kappa shape index (κ2) is 13.0. The second-order valence-corrected chi connectivity index (χ2v) is 8.79. The number of rotatable bonds is 14. The van der Waals surface area contributed by atoms with E-state index in [1.807, 2.05) is 6.92 Å². The zero-order valence-corrected chi connectivity index (χ0v) is 20.3. The molecular formula is C25H30O8S. The van der Waals surface area contributed by atoms with E-state index in [1.165, 1.54) is 31.9 Å². The van der Waals surface area contributed by atoms with Gasteiger partial charge in [0.25, 0.3) is 0 Å². The molecule has 3 N–H and O–H groups in total. The molecule has 0 aliphatic rings. The average Bonchev–Trinajstić information content (AvgIpc) is 2.81. The Morgan fingerprint density at radius 1 is 1.06 bits per heavy atom. The molecule has 34 heavy (non-hydrogen) atoms. The fraction of sp³-hybridized carbons (Fsp3) is 0.400. The van der Waals surface area contributed by atoms with Crippen LogP contribution in [0.3, 0.4) is 0 Å². The number of carbonyl (C=O) groups is 3. The molecule has 1 unspecified atom stereocenters. The van der Waals surface area contributed by atoms with Gasteiger partial charge in [0.1, 0.15) is 23.9 Å². The van der Waals surface area contributed by atoms with Crippen LogP contribution in [0, 0.1) is 0 Å². The molecule has 2 rings (SSSR count). The van der Waals surface area contributed by atoms with E-state index in [1.54, 1.807) is 24.3 Å². The lowest BCUT2D eigenvalue weighted by Crippen LogP contribution is -2.20. The van der Waals surface area contributed by atoms with Gasteiger partial charge in [-0.2, -0.15) is 0 Å². The number of carboxylic acid groups (broad SMARTS) is 1. The highest BCUT2D eigenvalue weighted by Crippen LogP contribution is 2.33. The van der Waals surface area contributed by atoms with E-state index in [4.69, 9.17) is 14.6 Å². The van der Waals surface area contributed by atoms with Gasteiger partial charge in [-0.05, 0) is 43.7 Å². The Morgan fingerprint density at radius 3 is 2.38 bits per heavy atom. The van der Waals surface area contributed by atoms with Crippen LogP contribution in [-0.2, 0) is 11.2 Å². The van der Waals surface area contributed by atoms with E-state index >= 15 is 0 Å². The van der Waals surface area contributed by atoms with Crippen LogP contribution < -0.4 is 9.47 Å². The monoisotopic (exact) mass is 490 g/mol. The molecule has 0 aromatic heterocycles. The van der Waals surface area contributed by atoms with Crippen molar-refractivity contribution in [3.63, 3.8) is 0 Å². The maximum absolute atomic E-state index is 12.2. The molecule has 1 atom stereocenters. The number of hydrogen-bond acceptors (Lipinski definition) is 8. The van der Waals surface area contributed by atoms with Gasteiger partial charge in [-0.1, -0.05) is 13.3 Å². The Bertz CT molecular complexity index is 1030. The highest BCUT2D eigenvalue weighted by molar-refractivity contribution is 7.99. The van der Waals surface area contributed by atoms with Crippen LogP contribution in [0.4, 0.5) is 0 Å².